The molecule has 0 bridgehead atoms. The fraction of sp³-hybridized carbons (Fsp3) is 0.316. The predicted octanol–water partition coefficient (Wildman–Crippen LogP) is 3.66. The van der Waals surface area contributed by atoms with Crippen LogP contribution in [-0.4, -0.2) is 29.1 Å². The fourth-order valence-corrected chi connectivity index (χ4v) is 3.04. The van der Waals surface area contributed by atoms with E-state index in [1.54, 1.807) is 6.92 Å². The average molecular weight is 394 g/mol. The number of alkyl halides is 2. The molecule has 1 aromatic heterocycles. The quantitative estimate of drug-likeness (QED) is 0.777. The summed E-state index contributed by atoms with van der Waals surface area (Å²) in [7, 11) is 0. The number of carbonyl (C=O) groups is 1. The second kappa shape index (κ2) is 7.21. The third-order valence-electron chi connectivity index (χ3n) is 4.81. The molecule has 1 amide bonds. The summed E-state index contributed by atoms with van der Waals surface area (Å²) < 4.78 is 54.6. The lowest BCUT2D eigenvalue weighted by atomic mass is 9.80. The summed E-state index contributed by atoms with van der Waals surface area (Å²) in [6.45, 7) is 0.255. The number of hydrogen-bond donors (Lipinski definition) is 2. The number of amides is 1. The van der Waals surface area contributed by atoms with Gasteiger partial charge in [0, 0.05) is 11.3 Å². The van der Waals surface area contributed by atoms with Crippen molar-refractivity contribution < 1.29 is 22.4 Å². The molecule has 5 nitrogen and oxygen atoms in total. The number of nitrogens with two attached hydrogens (primary N) is 1. The normalized spacial score (nSPS) is 24.5. The highest BCUT2D eigenvalue weighted by molar-refractivity contribution is 6.02. The summed E-state index contributed by atoms with van der Waals surface area (Å²) in [6, 6.07) is 6.12. The Morgan fingerprint density at radius 1 is 1.25 bits per heavy atom. The highest BCUT2D eigenvalue weighted by atomic mass is 19.2. The number of amidine groups is 1. The fourth-order valence-electron chi connectivity index (χ4n) is 3.04. The topological polar surface area (TPSA) is 80.4 Å². The highest BCUT2D eigenvalue weighted by Crippen LogP contribution is 2.41. The van der Waals surface area contributed by atoms with Crippen LogP contribution in [0.25, 0.3) is 0 Å². The van der Waals surface area contributed by atoms with Crippen LogP contribution in [-0.2, 0) is 5.54 Å². The molecule has 2 heterocycles. The second-order valence-electron chi connectivity index (χ2n) is 6.88. The highest BCUT2D eigenvalue weighted by Gasteiger charge is 2.44. The maximum absolute atomic E-state index is 14.5. The maximum atomic E-state index is 14.5. The molecular weight excluding hydrogens is 376 g/mol. The molecule has 1 aliphatic rings. The van der Waals surface area contributed by atoms with E-state index in [2.05, 4.69) is 15.3 Å². The zero-order valence-electron chi connectivity index (χ0n) is 15.0. The molecule has 28 heavy (non-hydrogen) atoms. The number of halogens is 4. The van der Waals surface area contributed by atoms with Gasteiger partial charge in [0.05, 0.1) is 11.7 Å². The van der Waals surface area contributed by atoms with Crippen LogP contribution in [0.3, 0.4) is 0 Å². The van der Waals surface area contributed by atoms with Crippen molar-refractivity contribution in [2.75, 3.05) is 12.0 Å². The SMILES string of the molecule is C[C@@]1(c2cc(NC(=O)c3ccc(F)cn3)ccc2F)CC[C@@](F)(CF)C(N)=N1. The summed E-state index contributed by atoms with van der Waals surface area (Å²) in [5.41, 5.74) is 2.33. The van der Waals surface area contributed by atoms with E-state index >= 15 is 0 Å². The van der Waals surface area contributed by atoms with E-state index in [9.17, 15) is 22.4 Å². The zero-order chi connectivity index (χ0) is 20.5. The Labute approximate surface area is 158 Å². The van der Waals surface area contributed by atoms with Crippen LogP contribution in [0.2, 0.25) is 0 Å². The Bertz CT molecular complexity index is 934. The van der Waals surface area contributed by atoms with Crippen molar-refractivity contribution in [1.29, 1.82) is 0 Å². The largest absolute Gasteiger partial charge is 0.385 e. The first kappa shape index (κ1) is 19.8. The van der Waals surface area contributed by atoms with E-state index in [1.807, 2.05) is 0 Å². The van der Waals surface area contributed by atoms with Crippen LogP contribution in [0, 0.1) is 11.6 Å². The molecular formula is C19H18F4N4O. The van der Waals surface area contributed by atoms with E-state index < -0.39 is 41.3 Å². The number of nitrogens with one attached hydrogen (secondary N) is 1. The number of rotatable bonds is 4. The number of hydrogen-bond acceptors (Lipinski definition) is 4. The molecule has 0 fully saturated rings. The summed E-state index contributed by atoms with van der Waals surface area (Å²) in [6.07, 6.45) is 0.687. The van der Waals surface area contributed by atoms with Gasteiger partial charge < -0.3 is 11.1 Å². The molecule has 0 spiro atoms. The molecule has 1 aromatic carbocycles. The van der Waals surface area contributed by atoms with Gasteiger partial charge >= 0.3 is 0 Å². The average Bonchev–Trinajstić information content (AvgIpc) is 2.67. The third kappa shape index (κ3) is 3.69. The van der Waals surface area contributed by atoms with Gasteiger partial charge in [0.1, 0.15) is 29.8 Å². The number of nitrogens with zero attached hydrogens (tertiary/aromatic N) is 2. The van der Waals surface area contributed by atoms with E-state index in [4.69, 9.17) is 5.73 Å². The Hall–Kier alpha value is -2.97. The van der Waals surface area contributed by atoms with E-state index in [-0.39, 0.29) is 29.8 Å². The number of carbonyl (C=O) groups excluding carboxylic acids is 1. The number of aromatic nitrogens is 1. The van der Waals surface area contributed by atoms with Crippen molar-refractivity contribution in [2.45, 2.75) is 31.0 Å². The molecule has 0 aliphatic carbocycles. The summed E-state index contributed by atoms with van der Waals surface area (Å²) in [5.74, 6) is -2.34. The van der Waals surface area contributed by atoms with E-state index in [0.29, 0.717) is 0 Å². The summed E-state index contributed by atoms with van der Waals surface area (Å²) in [5, 5.41) is 2.54. The van der Waals surface area contributed by atoms with Crippen molar-refractivity contribution in [3.63, 3.8) is 0 Å². The standard InChI is InChI=1S/C19H18F4N4O/c1-18(6-7-19(23,10-20)17(24)27-18)13-8-12(3-4-14(13)22)26-16(28)15-5-2-11(21)9-25-15/h2-5,8-9H,6-7,10H2,1H3,(H2,24,27)(H,26,28)/t18-,19+/m0/s1. The molecule has 1 aliphatic heterocycles. The predicted molar refractivity (Wildman–Crippen MR) is 96.6 cm³/mol. The van der Waals surface area contributed by atoms with Crippen molar-refractivity contribution in [1.82, 2.24) is 4.98 Å². The lowest BCUT2D eigenvalue weighted by Crippen LogP contribution is -2.48. The van der Waals surface area contributed by atoms with Gasteiger partial charge in [0.2, 0.25) is 0 Å². The molecule has 9 heteroatoms. The van der Waals surface area contributed by atoms with Crippen molar-refractivity contribution >= 4 is 17.4 Å². The van der Waals surface area contributed by atoms with Crippen LogP contribution in [0.4, 0.5) is 23.2 Å². The molecule has 0 radical (unpaired) electrons. The van der Waals surface area contributed by atoms with Crippen molar-refractivity contribution in [2.24, 2.45) is 10.7 Å². The molecule has 148 valence electrons. The van der Waals surface area contributed by atoms with Gasteiger partial charge in [-0.2, -0.15) is 0 Å². The first-order valence-electron chi connectivity index (χ1n) is 8.50. The van der Waals surface area contributed by atoms with Gasteiger partial charge in [-0.25, -0.2) is 22.5 Å². The molecule has 3 N–H and O–H groups in total. The Morgan fingerprint density at radius 2 is 2.00 bits per heavy atom. The van der Waals surface area contributed by atoms with E-state index in [0.717, 1.165) is 18.3 Å². The van der Waals surface area contributed by atoms with Gasteiger partial charge in [-0.3, -0.25) is 9.79 Å². The molecule has 0 saturated carbocycles. The minimum atomic E-state index is -2.35. The number of anilines is 1. The van der Waals surface area contributed by atoms with Gasteiger partial charge in [0.25, 0.3) is 5.91 Å². The summed E-state index contributed by atoms with van der Waals surface area (Å²) >= 11 is 0. The van der Waals surface area contributed by atoms with Crippen LogP contribution in [0.5, 0.6) is 0 Å². The third-order valence-corrected chi connectivity index (χ3v) is 4.81. The zero-order valence-corrected chi connectivity index (χ0v) is 15.0. The van der Waals surface area contributed by atoms with Crippen LogP contribution in [0.1, 0.15) is 35.8 Å². The molecule has 0 saturated heterocycles. The molecule has 0 unspecified atom stereocenters. The van der Waals surface area contributed by atoms with Gasteiger partial charge in [-0.15, -0.1) is 0 Å². The maximum Gasteiger partial charge on any atom is 0.274 e. The molecule has 3 rings (SSSR count). The lowest BCUT2D eigenvalue weighted by Gasteiger charge is -2.36. The van der Waals surface area contributed by atoms with Gasteiger partial charge in [-0.1, -0.05) is 0 Å². The van der Waals surface area contributed by atoms with Crippen molar-refractivity contribution in [3.8, 4) is 0 Å². The monoisotopic (exact) mass is 394 g/mol. The van der Waals surface area contributed by atoms with Crippen LogP contribution < -0.4 is 11.1 Å². The second-order valence-corrected chi connectivity index (χ2v) is 6.88. The van der Waals surface area contributed by atoms with Crippen molar-refractivity contribution in [3.05, 3.63) is 59.4 Å². The number of aliphatic imine (C=N–C) groups is 1. The Morgan fingerprint density at radius 3 is 2.61 bits per heavy atom. The minimum Gasteiger partial charge on any atom is -0.385 e. The van der Waals surface area contributed by atoms with Gasteiger partial charge in [-0.05, 0) is 50.1 Å². The van der Waals surface area contributed by atoms with E-state index in [1.165, 1.54) is 18.2 Å². The first-order valence-corrected chi connectivity index (χ1v) is 8.50. The first-order chi connectivity index (χ1) is 13.2. The molecule has 2 aromatic rings. The molecule has 2 atom stereocenters. The number of benzene rings is 1. The minimum absolute atomic E-state index is 0.0245. The van der Waals surface area contributed by atoms with Crippen LogP contribution in [0.15, 0.2) is 41.5 Å². The number of pyridine rings is 1. The summed E-state index contributed by atoms with van der Waals surface area (Å²) in [4.78, 5) is 19.9. The van der Waals surface area contributed by atoms with Crippen LogP contribution >= 0.6 is 0 Å². The lowest BCUT2D eigenvalue weighted by molar-refractivity contribution is 0.102. The van der Waals surface area contributed by atoms with Gasteiger partial charge in [0.15, 0.2) is 5.67 Å². The Kier molecular flexibility index (Phi) is 5.10. The smallest absolute Gasteiger partial charge is 0.274 e. The Balaban J connectivity index is 1.90.